The Balaban J connectivity index is 3.61. The summed E-state index contributed by atoms with van der Waals surface area (Å²) in [7, 11) is 7.00. The highest BCUT2D eigenvalue weighted by Gasteiger charge is 1.75. The third-order valence-corrected chi connectivity index (χ3v) is 0.578. The first-order valence-corrected chi connectivity index (χ1v) is 2.44. The van der Waals surface area contributed by atoms with Crippen molar-refractivity contribution < 1.29 is 0 Å². The molecule has 0 aliphatic heterocycles. The van der Waals surface area contributed by atoms with Crippen molar-refractivity contribution in [1.29, 1.82) is 0 Å². The molecule has 0 spiro atoms. The predicted octanol–water partition coefficient (Wildman–Crippen LogP) is 0.264. The molecule has 0 heterocycles. The van der Waals surface area contributed by atoms with Crippen LogP contribution in [0.15, 0.2) is 17.3 Å². The van der Waals surface area contributed by atoms with E-state index in [1.54, 1.807) is 13.1 Å². The van der Waals surface area contributed by atoms with Crippen LogP contribution in [0.25, 0.3) is 0 Å². The molecule has 0 aliphatic rings. The number of allylic oxidation sites excluding steroid dienone is 2. The van der Waals surface area contributed by atoms with Gasteiger partial charge in [0, 0.05) is 12.7 Å². The van der Waals surface area contributed by atoms with E-state index in [9.17, 15) is 0 Å². The van der Waals surface area contributed by atoms with Gasteiger partial charge in [-0.1, -0.05) is 12.2 Å². The maximum absolute atomic E-state index is 5.30. The van der Waals surface area contributed by atoms with E-state index in [1.165, 1.54) is 0 Å². The van der Waals surface area contributed by atoms with Gasteiger partial charge in [0.2, 0.25) is 0 Å². The number of nitrogens with one attached hydrogen (secondary N) is 1. The molecular formula is C5H9BN2. The third-order valence-electron chi connectivity index (χ3n) is 0.578. The molecule has 0 aromatic heterocycles. The van der Waals surface area contributed by atoms with Gasteiger partial charge in [-0.15, -0.1) is 0 Å². The molecule has 0 bridgehead atoms. The lowest BCUT2D eigenvalue weighted by Crippen LogP contribution is -2.01. The van der Waals surface area contributed by atoms with Crippen LogP contribution in [0.2, 0.25) is 0 Å². The molecule has 1 N–H and O–H groups in total. The topological polar surface area (TPSA) is 24.4 Å². The highest BCUT2D eigenvalue weighted by molar-refractivity contribution is 6.62. The molecule has 0 amide bonds. The van der Waals surface area contributed by atoms with E-state index < -0.39 is 0 Å². The minimum atomic E-state index is 0.495. The standard InChI is InChI=1S/C5H9BN2/c1-3-4-5(6)8-7-2/h3-4,7H,1-2H3/b4-3?,8-5+. The average molecular weight is 108 g/mol. The second-order valence-corrected chi connectivity index (χ2v) is 1.26. The first kappa shape index (κ1) is 7.27. The van der Waals surface area contributed by atoms with Crippen LogP contribution in [0.4, 0.5) is 0 Å². The molecule has 0 saturated carbocycles. The fraction of sp³-hybridized carbons (Fsp3) is 0.400. The molecule has 2 nitrogen and oxygen atoms in total. The molecule has 42 valence electrons. The number of hydrogen-bond acceptors (Lipinski definition) is 2. The van der Waals surface area contributed by atoms with Crippen molar-refractivity contribution in [3.05, 3.63) is 12.2 Å². The number of hydrogen-bond donors (Lipinski definition) is 1. The van der Waals surface area contributed by atoms with Gasteiger partial charge in [-0.05, 0) is 6.92 Å². The Kier molecular flexibility index (Phi) is 4.03. The Morgan fingerprint density at radius 2 is 2.38 bits per heavy atom. The molecule has 0 aromatic carbocycles. The quantitative estimate of drug-likeness (QED) is 0.306. The summed E-state index contributed by atoms with van der Waals surface area (Å²) in [6.07, 6.45) is 3.55. The molecule has 0 saturated heterocycles. The first-order chi connectivity index (χ1) is 3.81. The van der Waals surface area contributed by atoms with E-state index in [-0.39, 0.29) is 0 Å². The molecule has 0 atom stereocenters. The summed E-state index contributed by atoms with van der Waals surface area (Å²) >= 11 is 0. The molecule has 3 heteroatoms. The largest absolute Gasteiger partial charge is 0.314 e. The summed E-state index contributed by atoms with van der Waals surface area (Å²) in [5.41, 5.74) is 3.06. The van der Waals surface area contributed by atoms with Crippen LogP contribution in [0.3, 0.4) is 0 Å². The normalized spacial score (nSPS) is 12.5. The fourth-order valence-corrected chi connectivity index (χ4v) is 0.337. The minimum Gasteiger partial charge on any atom is -0.314 e. The van der Waals surface area contributed by atoms with Crippen molar-refractivity contribution in [2.75, 3.05) is 7.05 Å². The van der Waals surface area contributed by atoms with Gasteiger partial charge >= 0.3 is 0 Å². The third kappa shape index (κ3) is 3.46. The van der Waals surface area contributed by atoms with Gasteiger partial charge < -0.3 is 5.43 Å². The van der Waals surface area contributed by atoms with Crippen molar-refractivity contribution in [2.24, 2.45) is 5.10 Å². The van der Waals surface area contributed by atoms with Gasteiger partial charge in [0.05, 0.1) is 0 Å². The van der Waals surface area contributed by atoms with Crippen molar-refractivity contribution >= 4 is 13.5 Å². The molecule has 0 aromatic rings. The maximum Gasteiger partial charge on any atom is 0.144 e. The first-order valence-electron chi connectivity index (χ1n) is 2.44. The molecule has 0 aliphatic carbocycles. The zero-order valence-corrected chi connectivity index (χ0v) is 5.18. The van der Waals surface area contributed by atoms with Gasteiger partial charge in [-0.25, -0.2) is 0 Å². The van der Waals surface area contributed by atoms with Crippen molar-refractivity contribution in [2.45, 2.75) is 6.92 Å². The Morgan fingerprint density at radius 1 is 1.75 bits per heavy atom. The molecule has 0 fully saturated rings. The van der Waals surface area contributed by atoms with Gasteiger partial charge in [-0.2, -0.15) is 5.10 Å². The van der Waals surface area contributed by atoms with Crippen LogP contribution >= 0.6 is 0 Å². The molecule has 2 radical (unpaired) electrons. The molecule has 0 rings (SSSR count). The second-order valence-electron chi connectivity index (χ2n) is 1.26. The maximum atomic E-state index is 5.30. The zero-order chi connectivity index (χ0) is 6.41. The number of hydrazone groups is 1. The van der Waals surface area contributed by atoms with Gasteiger partial charge in [-0.3, -0.25) is 0 Å². The minimum absolute atomic E-state index is 0.495. The van der Waals surface area contributed by atoms with Gasteiger partial charge in [0.25, 0.3) is 0 Å². The van der Waals surface area contributed by atoms with Crippen molar-refractivity contribution in [1.82, 2.24) is 5.43 Å². The van der Waals surface area contributed by atoms with Crippen LogP contribution in [-0.2, 0) is 0 Å². The lowest BCUT2D eigenvalue weighted by atomic mass is 10.0. The van der Waals surface area contributed by atoms with E-state index in [4.69, 9.17) is 7.85 Å². The second kappa shape index (κ2) is 4.43. The average Bonchev–Trinajstić information content (AvgIpc) is 1.68. The van der Waals surface area contributed by atoms with Gasteiger partial charge in [0.15, 0.2) is 0 Å². The lowest BCUT2D eigenvalue weighted by Gasteiger charge is -1.88. The lowest BCUT2D eigenvalue weighted by molar-refractivity contribution is 0.906. The van der Waals surface area contributed by atoms with E-state index >= 15 is 0 Å². The summed E-state index contributed by atoms with van der Waals surface area (Å²) in [4.78, 5) is 0. The smallest absolute Gasteiger partial charge is 0.144 e. The Morgan fingerprint density at radius 3 is 2.75 bits per heavy atom. The van der Waals surface area contributed by atoms with E-state index in [0.717, 1.165) is 0 Å². The number of rotatable bonds is 2. The Hall–Kier alpha value is -0.725. The molecule has 0 unspecified atom stereocenters. The Bertz CT molecular complexity index is 107. The van der Waals surface area contributed by atoms with E-state index in [2.05, 4.69) is 10.5 Å². The van der Waals surface area contributed by atoms with Crippen LogP contribution in [-0.4, -0.2) is 20.5 Å². The summed E-state index contributed by atoms with van der Waals surface area (Å²) in [5, 5.41) is 3.67. The highest BCUT2D eigenvalue weighted by Crippen LogP contribution is 1.71. The monoisotopic (exact) mass is 108 g/mol. The molecular weight excluding hydrogens is 98.9 g/mol. The van der Waals surface area contributed by atoms with E-state index in [0.29, 0.717) is 5.61 Å². The predicted molar refractivity (Wildman–Crippen MR) is 37.1 cm³/mol. The summed E-state index contributed by atoms with van der Waals surface area (Å²) < 4.78 is 0. The summed E-state index contributed by atoms with van der Waals surface area (Å²) in [5.74, 6) is 0. The number of nitrogens with zero attached hydrogens (tertiary/aromatic N) is 1. The van der Waals surface area contributed by atoms with Crippen LogP contribution in [0, 0.1) is 0 Å². The fourth-order valence-electron chi connectivity index (χ4n) is 0.337. The Labute approximate surface area is 51.1 Å². The summed E-state index contributed by atoms with van der Waals surface area (Å²) in [6, 6.07) is 0. The van der Waals surface area contributed by atoms with E-state index in [1.807, 2.05) is 13.0 Å². The SMILES string of the molecule is [B]/C(C=CC)=N/NC. The van der Waals surface area contributed by atoms with Crippen LogP contribution < -0.4 is 5.43 Å². The van der Waals surface area contributed by atoms with Crippen LogP contribution in [0.1, 0.15) is 6.92 Å². The molecule has 8 heavy (non-hydrogen) atoms. The van der Waals surface area contributed by atoms with Crippen molar-refractivity contribution in [3.63, 3.8) is 0 Å². The van der Waals surface area contributed by atoms with Gasteiger partial charge in [0.1, 0.15) is 7.85 Å². The summed E-state index contributed by atoms with van der Waals surface area (Å²) in [6.45, 7) is 1.89. The van der Waals surface area contributed by atoms with Crippen molar-refractivity contribution in [3.8, 4) is 0 Å². The van der Waals surface area contributed by atoms with Crippen LogP contribution in [0.5, 0.6) is 0 Å². The highest BCUT2D eigenvalue weighted by atomic mass is 15.3. The zero-order valence-electron chi connectivity index (χ0n) is 5.18.